The van der Waals surface area contributed by atoms with E-state index in [1.165, 1.54) is 36.9 Å². The second-order valence-electron chi connectivity index (χ2n) is 5.65. The molecule has 2 heterocycles. The van der Waals surface area contributed by atoms with Gasteiger partial charge in [-0.15, -0.1) is 10.2 Å². The average molecular weight is 386 g/mol. The topological polar surface area (TPSA) is 110 Å². The van der Waals surface area contributed by atoms with Gasteiger partial charge in [-0.1, -0.05) is 11.8 Å². The number of aromatic hydroxyl groups is 1. The first-order chi connectivity index (χ1) is 13.0. The van der Waals surface area contributed by atoms with Crippen LogP contribution in [0.15, 0.2) is 46.2 Å². The fourth-order valence-corrected chi connectivity index (χ4v) is 3.38. The number of benzene rings is 1. The number of phenolic OH excluding ortho intramolecular Hbond substituents is 1. The van der Waals surface area contributed by atoms with E-state index in [4.69, 9.17) is 4.42 Å². The van der Waals surface area contributed by atoms with E-state index in [0.717, 1.165) is 0 Å². The van der Waals surface area contributed by atoms with Crippen LogP contribution in [0, 0.1) is 0 Å². The number of thioether (sulfide) groups is 1. The van der Waals surface area contributed by atoms with Crippen molar-refractivity contribution in [3.05, 3.63) is 42.2 Å². The van der Waals surface area contributed by atoms with Crippen molar-refractivity contribution in [2.75, 3.05) is 11.1 Å². The first-order valence-corrected chi connectivity index (χ1v) is 9.21. The summed E-state index contributed by atoms with van der Waals surface area (Å²) >= 11 is 1.26. The lowest BCUT2D eigenvalue weighted by molar-refractivity contribution is -0.114. The van der Waals surface area contributed by atoms with Gasteiger partial charge < -0.3 is 14.8 Å². The van der Waals surface area contributed by atoms with Gasteiger partial charge in [-0.3, -0.25) is 14.2 Å². The van der Waals surface area contributed by atoms with Crippen molar-refractivity contribution in [2.45, 2.75) is 25.5 Å². The van der Waals surface area contributed by atoms with Crippen molar-refractivity contribution in [2.24, 2.45) is 0 Å². The first-order valence-electron chi connectivity index (χ1n) is 8.23. The molecule has 0 spiro atoms. The molecule has 0 aliphatic heterocycles. The molecule has 8 nitrogen and oxygen atoms in total. The summed E-state index contributed by atoms with van der Waals surface area (Å²) in [7, 11) is 0. The zero-order valence-corrected chi connectivity index (χ0v) is 15.6. The Morgan fingerprint density at radius 3 is 2.78 bits per heavy atom. The third-order valence-electron chi connectivity index (χ3n) is 3.74. The number of hydrogen-bond donors (Lipinski definition) is 2. The van der Waals surface area contributed by atoms with Gasteiger partial charge >= 0.3 is 0 Å². The van der Waals surface area contributed by atoms with Crippen LogP contribution in [0.5, 0.6) is 5.75 Å². The van der Waals surface area contributed by atoms with Crippen molar-refractivity contribution >= 4 is 29.1 Å². The molecular weight excluding hydrogens is 368 g/mol. The van der Waals surface area contributed by atoms with Gasteiger partial charge in [0, 0.05) is 19.0 Å². The molecule has 0 radical (unpaired) electrons. The predicted molar refractivity (Wildman–Crippen MR) is 101 cm³/mol. The quantitative estimate of drug-likeness (QED) is 0.364. The largest absolute Gasteiger partial charge is 0.506 e. The minimum absolute atomic E-state index is 0.0942. The van der Waals surface area contributed by atoms with Crippen LogP contribution in [-0.2, 0) is 11.3 Å². The predicted octanol–water partition coefficient (Wildman–Crippen LogP) is 3.20. The number of nitrogens with zero attached hydrogens (tertiary/aromatic N) is 3. The van der Waals surface area contributed by atoms with Crippen molar-refractivity contribution in [3.63, 3.8) is 0 Å². The van der Waals surface area contributed by atoms with E-state index in [1.54, 1.807) is 18.4 Å². The number of Topliss-reactive ketones (excluding diaryl/α,β-unsaturated/α-hetero) is 1. The van der Waals surface area contributed by atoms with Gasteiger partial charge in [0.1, 0.15) is 5.75 Å². The summed E-state index contributed by atoms with van der Waals surface area (Å²) in [6.45, 7) is 3.92. The van der Waals surface area contributed by atoms with E-state index in [0.29, 0.717) is 28.8 Å². The van der Waals surface area contributed by atoms with E-state index in [9.17, 15) is 14.7 Å². The fraction of sp³-hybridized carbons (Fsp3) is 0.222. The Morgan fingerprint density at radius 1 is 1.30 bits per heavy atom. The van der Waals surface area contributed by atoms with E-state index < -0.39 is 0 Å². The number of carbonyl (C=O) groups excluding carboxylic acids is 2. The minimum atomic E-state index is -0.328. The summed E-state index contributed by atoms with van der Waals surface area (Å²) in [5.41, 5.74) is 0.591. The van der Waals surface area contributed by atoms with Crippen LogP contribution in [0.2, 0.25) is 0 Å². The Morgan fingerprint density at radius 2 is 2.11 bits per heavy atom. The molecule has 27 heavy (non-hydrogen) atoms. The molecule has 0 unspecified atom stereocenters. The molecule has 2 aromatic heterocycles. The Hall–Kier alpha value is -3.07. The lowest BCUT2D eigenvalue weighted by atomic mass is 10.1. The summed E-state index contributed by atoms with van der Waals surface area (Å²) in [5, 5.41) is 21.2. The molecule has 1 aromatic carbocycles. The molecular formula is C18H18N4O4S. The molecule has 3 rings (SSSR count). The maximum atomic E-state index is 12.5. The maximum absolute atomic E-state index is 12.5. The average Bonchev–Trinajstić information content (AvgIpc) is 3.29. The summed E-state index contributed by atoms with van der Waals surface area (Å²) in [4.78, 5) is 23.7. The second-order valence-corrected chi connectivity index (χ2v) is 6.60. The van der Waals surface area contributed by atoms with Gasteiger partial charge in [-0.2, -0.15) is 0 Å². The number of hydrogen-bond acceptors (Lipinski definition) is 7. The highest BCUT2D eigenvalue weighted by Crippen LogP contribution is 2.27. The SMILES string of the molecule is CCn1c(SCC(=O)c2ccc(O)c(NC(C)=O)c2)nnc1-c1ccco1. The highest BCUT2D eigenvalue weighted by atomic mass is 32.2. The van der Waals surface area contributed by atoms with Gasteiger partial charge in [0.15, 0.2) is 22.5 Å². The van der Waals surface area contributed by atoms with Gasteiger partial charge in [-0.25, -0.2) is 0 Å². The molecule has 0 saturated carbocycles. The molecule has 1 amide bonds. The van der Waals surface area contributed by atoms with Crippen molar-refractivity contribution < 1.29 is 19.1 Å². The number of amides is 1. The number of phenols is 1. The second kappa shape index (κ2) is 8.09. The van der Waals surface area contributed by atoms with Crippen LogP contribution in [0.25, 0.3) is 11.6 Å². The van der Waals surface area contributed by atoms with E-state index in [-0.39, 0.29) is 28.9 Å². The zero-order valence-electron chi connectivity index (χ0n) is 14.8. The smallest absolute Gasteiger partial charge is 0.221 e. The lowest BCUT2D eigenvalue weighted by Gasteiger charge is -2.08. The van der Waals surface area contributed by atoms with Crippen molar-refractivity contribution in [1.29, 1.82) is 0 Å². The number of carbonyl (C=O) groups is 2. The molecule has 9 heteroatoms. The number of anilines is 1. The lowest BCUT2D eigenvalue weighted by Crippen LogP contribution is -2.09. The standard InChI is InChI=1S/C18H18N4O4S/c1-3-22-17(16-5-4-8-26-16)20-21-18(22)27-10-15(25)12-6-7-14(24)13(9-12)19-11(2)23/h4-9,24H,3,10H2,1-2H3,(H,19,23). The van der Waals surface area contributed by atoms with Crippen LogP contribution >= 0.6 is 11.8 Å². The molecule has 0 aliphatic carbocycles. The van der Waals surface area contributed by atoms with Gasteiger partial charge in [0.2, 0.25) is 5.91 Å². The molecule has 0 aliphatic rings. The minimum Gasteiger partial charge on any atom is -0.506 e. The van der Waals surface area contributed by atoms with Gasteiger partial charge in [-0.05, 0) is 37.3 Å². The van der Waals surface area contributed by atoms with Crippen LogP contribution in [-0.4, -0.2) is 37.3 Å². The summed E-state index contributed by atoms with van der Waals surface area (Å²) in [6, 6.07) is 7.93. The number of furan rings is 1. The van der Waals surface area contributed by atoms with Crippen molar-refractivity contribution in [3.8, 4) is 17.3 Å². The van der Waals surface area contributed by atoms with Crippen LogP contribution in [0.4, 0.5) is 5.69 Å². The van der Waals surface area contributed by atoms with Gasteiger partial charge in [0.25, 0.3) is 0 Å². The summed E-state index contributed by atoms with van der Waals surface area (Å²) in [6.07, 6.45) is 1.57. The fourth-order valence-electron chi connectivity index (χ4n) is 2.48. The molecule has 140 valence electrons. The van der Waals surface area contributed by atoms with Crippen LogP contribution in [0.1, 0.15) is 24.2 Å². The number of aromatic nitrogens is 3. The molecule has 2 N–H and O–H groups in total. The summed E-state index contributed by atoms with van der Waals surface area (Å²) < 4.78 is 7.24. The van der Waals surface area contributed by atoms with Crippen LogP contribution < -0.4 is 5.32 Å². The Kier molecular flexibility index (Phi) is 5.60. The number of rotatable bonds is 7. The maximum Gasteiger partial charge on any atom is 0.221 e. The highest BCUT2D eigenvalue weighted by Gasteiger charge is 2.17. The summed E-state index contributed by atoms with van der Waals surface area (Å²) in [5.74, 6) is 0.780. The van der Waals surface area contributed by atoms with Crippen LogP contribution in [0.3, 0.4) is 0 Å². The molecule has 3 aromatic rings. The molecule has 0 fully saturated rings. The number of ketones is 1. The Balaban J connectivity index is 1.74. The normalized spacial score (nSPS) is 10.7. The van der Waals surface area contributed by atoms with Crippen molar-refractivity contribution in [1.82, 2.24) is 14.8 Å². The third-order valence-corrected chi connectivity index (χ3v) is 4.70. The van der Waals surface area contributed by atoms with E-state index in [2.05, 4.69) is 15.5 Å². The van der Waals surface area contributed by atoms with Gasteiger partial charge in [0.05, 0.1) is 17.7 Å². The van der Waals surface area contributed by atoms with E-state index >= 15 is 0 Å². The Bertz CT molecular complexity index is 966. The monoisotopic (exact) mass is 386 g/mol. The third kappa shape index (κ3) is 4.20. The first kappa shape index (κ1) is 18.7. The molecule has 0 saturated heterocycles. The van der Waals surface area contributed by atoms with E-state index in [1.807, 2.05) is 11.5 Å². The molecule has 0 atom stereocenters. The zero-order chi connectivity index (χ0) is 19.4. The molecule has 0 bridgehead atoms. The highest BCUT2D eigenvalue weighted by molar-refractivity contribution is 7.99. The Labute approximate surface area is 159 Å². The number of nitrogens with one attached hydrogen (secondary N) is 1.